The molecular weight excluding hydrogens is 196 g/mol. The summed E-state index contributed by atoms with van der Waals surface area (Å²) in [5.41, 5.74) is 0. The fraction of sp³-hybridized carbons (Fsp3) is 0.733. The first-order valence-corrected chi connectivity index (χ1v) is 6.53. The molecule has 16 heavy (non-hydrogen) atoms. The molecule has 0 rings (SSSR count). The minimum Gasteiger partial charge on any atom is -0.362 e. The quantitative estimate of drug-likeness (QED) is 0.287. The van der Waals surface area contributed by atoms with Crippen LogP contribution in [-0.2, 0) is 4.74 Å². The topological polar surface area (TPSA) is 9.23 Å². The minimum absolute atomic E-state index is 0.0198. The number of rotatable bonds is 11. The first kappa shape index (κ1) is 15.3. The van der Waals surface area contributed by atoms with Crippen LogP contribution < -0.4 is 0 Å². The summed E-state index contributed by atoms with van der Waals surface area (Å²) in [6.45, 7) is 6.42. The fourth-order valence-electron chi connectivity index (χ4n) is 1.69. The van der Waals surface area contributed by atoms with Gasteiger partial charge in [0.25, 0.3) is 0 Å². The van der Waals surface area contributed by atoms with Crippen LogP contribution in [0, 0.1) is 12.3 Å². The summed E-state index contributed by atoms with van der Waals surface area (Å²) in [6, 6.07) is 0. The largest absolute Gasteiger partial charge is 0.362 e. The Morgan fingerprint density at radius 1 is 1.19 bits per heavy atom. The molecule has 0 saturated carbocycles. The third-order valence-electron chi connectivity index (χ3n) is 2.67. The molecule has 1 atom stereocenters. The molecule has 0 radical (unpaired) electrons. The Kier molecular flexibility index (Phi) is 11.8. The zero-order chi connectivity index (χ0) is 12.1. The molecule has 0 N–H and O–H groups in total. The molecule has 0 bridgehead atoms. The highest BCUT2D eigenvalue weighted by Crippen LogP contribution is 2.10. The lowest BCUT2D eigenvalue weighted by atomic mass is 10.1. The summed E-state index contributed by atoms with van der Waals surface area (Å²) in [5.74, 6) is 2.68. The standard InChI is InChI=1S/C15H26O/c1-4-7-8-9-10-11-12-13-15(6-3)16-14-5-2/h3,5,15H,2,4,7-14H2,1H3. The molecule has 0 fully saturated rings. The van der Waals surface area contributed by atoms with Crippen LogP contribution in [0.2, 0.25) is 0 Å². The molecule has 0 spiro atoms. The highest BCUT2D eigenvalue weighted by molar-refractivity contribution is 4.94. The molecule has 0 heterocycles. The monoisotopic (exact) mass is 222 g/mol. The van der Waals surface area contributed by atoms with E-state index in [9.17, 15) is 0 Å². The molecule has 1 nitrogen and oxygen atoms in total. The second-order valence-electron chi connectivity index (χ2n) is 4.19. The number of hydrogen-bond donors (Lipinski definition) is 0. The SMILES string of the molecule is C#CC(CCCCCCCCC)OCC=C. The first-order valence-electron chi connectivity index (χ1n) is 6.53. The number of unbranched alkanes of at least 4 members (excludes halogenated alkanes) is 6. The van der Waals surface area contributed by atoms with Crippen LogP contribution in [0.25, 0.3) is 0 Å². The van der Waals surface area contributed by atoms with Crippen LogP contribution in [0.3, 0.4) is 0 Å². The van der Waals surface area contributed by atoms with E-state index in [-0.39, 0.29) is 6.10 Å². The highest BCUT2D eigenvalue weighted by atomic mass is 16.5. The minimum atomic E-state index is -0.0198. The maximum Gasteiger partial charge on any atom is 0.118 e. The van der Waals surface area contributed by atoms with Gasteiger partial charge in [-0.15, -0.1) is 13.0 Å². The van der Waals surface area contributed by atoms with E-state index in [1.54, 1.807) is 6.08 Å². The van der Waals surface area contributed by atoms with Crippen LogP contribution in [-0.4, -0.2) is 12.7 Å². The van der Waals surface area contributed by atoms with Crippen molar-refractivity contribution in [1.29, 1.82) is 0 Å². The van der Waals surface area contributed by atoms with Gasteiger partial charge in [0.1, 0.15) is 6.10 Å². The lowest BCUT2D eigenvalue weighted by Crippen LogP contribution is -2.10. The van der Waals surface area contributed by atoms with E-state index in [0.717, 1.165) is 6.42 Å². The molecule has 0 aromatic carbocycles. The van der Waals surface area contributed by atoms with Crippen LogP contribution in [0.5, 0.6) is 0 Å². The zero-order valence-corrected chi connectivity index (χ0v) is 10.7. The van der Waals surface area contributed by atoms with Crippen LogP contribution >= 0.6 is 0 Å². The van der Waals surface area contributed by atoms with Crippen molar-refractivity contribution in [3.63, 3.8) is 0 Å². The molecule has 0 aliphatic carbocycles. The van der Waals surface area contributed by atoms with Gasteiger partial charge in [-0.2, -0.15) is 0 Å². The summed E-state index contributed by atoms with van der Waals surface area (Å²) in [5, 5.41) is 0. The normalized spacial score (nSPS) is 12.0. The van der Waals surface area contributed by atoms with Gasteiger partial charge in [0.2, 0.25) is 0 Å². The highest BCUT2D eigenvalue weighted by Gasteiger charge is 2.03. The van der Waals surface area contributed by atoms with Gasteiger partial charge >= 0.3 is 0 Å². The van der Waals surface area contributed by atoms with Gasteiger partial charge in [-0.05, 0) is 12.8 Å². The fourth-order valence-corrected chi connectivity index (χ4v) is 1.69. The predicted molar refractivity (Wildman–Crippen MR) is 71.4 cm³/mol. The smallest absolute Gasteiger partial charge is 0.118 e. The molecule has 92 valence electrons. The van der Waals surface area contributed by atoms with Crippen molar-refractivity contribution in [1.82, 2.24) is 0 Å². The van der Waals surface area contributed by atoms with Gasteiger partial charge in [0.05, 0.1) is 6.61 Å². The summed E-state index contributed by atoms with van der Waals surface area (Å²) in [7, 11) is 0. The Hall–Kier alpha value is -0.740. The van der Waals surface area contributed by atoms with E-state index in [1.165, 1.54) is 44.9 Å². The number of ether oxygens (including phenoxy) is 1. The molecule has 1 unspecified atom stereocenters. The van der Waals surface area contributed by atoms with Gasteiger partial charge in [-0.25, -0.2) is 0 Å². The third-order valence-corrected chi connectivity index (χ3v) is 2.67. The molecule has 0 aliphatic heterocycles. The summed E-state index contributed by atoms with van der Waals surface area (Å²) < 4.78 is 5.43. The van der Waals surface area contributed by atoms with Gasteiger partial charge in [-0.3, -0.25) is 0 Å². The van der Waals surface area contributed by atoms with Crippen LogP contribution in [0.15, 0.2) is 12.7 Å². The lowest BCUT2D eigenvalue weighted by molar-refractivity contribution is 0.107. The van der Waals surface area contributed by atoms with E-state index in [2.05, 4.69) is 19.4 Å². The first-order chi connectivity index (χ1) is 7.85. The average Bonchev–Trinajstić information content (AvgIpc) is 2.32. The Morgan fingerprint density at radius 3 is 2.38 bits per heavy atom. The van der Waals surface area contributed by atoms with Crippen molar-refractivity contribution in [3.8, 4) is 12.3 Å². The van der Waals surface area contributed by atoms with E-state index in [0.29, 0.717) is 6.61 Å². The lowest BCUT2D eigenvalue weighted by Gasteiger charge is -2.10. The van der Waals surface area contributed by atoms with Crippen LogP contribution in [0.4, 0.5) is 0 Å². The zero-order valence-electron chi connectivity index (χ0n) is 10.7. The van der Waals surface area contributed by atoms with E-state index < -0.39 is 0 Å². The molecule has 1 heteroatoms. The van der Waals surface area contributed by atoms with Crippen molar-refractivity contribution in [2.24, 2.45) is 0 Å². The summed E-state index contributed by atoms with van der Waals surface area (Å²) in [6.07, 6.45) is 17.3. The molecule has 0 saturated heterocycles. The Balaban J connectivity index is 3.28. The van der Waals surface area contributed by atoms with Gasteiger partial charge in [0, 0.05) is 0 Å². The summed E-state index contributed by atoms with van der Waals surface area (Å²) >= 11 is 0. The third kappa shape index (κ3) is 9.80. The second-order valence-corrected chi connectivity index (χ2v) is 4.19. The Bertz CT molecular complexity index is 190. The van der Waals surface area contributed by atoms with Gasteiger partial charge in [-0.1, -0.05) is 57.4 Å². The predicted octanol–water partition coefficient (Wildman–Crippen LogP) is 4.33. The molecule has 0 aromatic rings. The number of terminal acetylenes is 1. The maximum absolute atomic E-state index is 5.43. The van der Waals surface area contributed by atoms with E-state index in [4.69, 9.17) is 11.2 Å². The van der Waals surface area contributed by atoms with E-state index >= 15 is 0 Å². The van der Waals surface area contributed by atoms with Crippen molar-refractivity contribution in [2.45, 2.75) is 64.4 Å². The number of hydrogen-bond acceptors (Lipinski definition) is 1. The Labute approximate surface area is 101 Å². The van der Waals surface area contributed by atoms with E-state index in [1.807, 2.05) is 0 Å². The maximum atomic E-state index is 5.43. The Morgan fingerprint density at radius 2 is 1.81 bits per heavy atom. The van der Waals surface area contributed by atoms with Crippen molar-refractivity contribution in [3.05, 3.63) is 12.7 Å². The molecule has 0 amide bonds. The molecular formula is C15H26O. The van der Waals surface area contributed by atoms with Crippen molar-refractivity contribution < 1.29 is 4.74 Å². The van der Waals surface area contributed by atoms with Crippen molar-refractivity contribution in [2.75, 3.05) is 6.61 Å². The summed E-state index contributed by atoms with van der Waals surface area (Å²) in [4.78, 5) is 0. The van der Waals surface area contributed by atoms with Gasteiger partial charge in [0.15, 0.2) is 0 Å². The van der Waals surface area contributed by atoms with Crippen molar-refractivity contribution >= 4 is 0 Å². The molecule has 0 aliphatic rings. The average molecular weight is 222 g/mol. The van der Waals surface area contributed by atoms with Gasteiger partial charge < -0.3 is 4.74 Å². The van der Waals surface area contributed by atoms with Crippen LogP contribution in [0.1, 0.15) is 58.3 Å². The molecule has 0 aromatic heterocycles. The second kappa shape index (κ2) is 12.3.